The van der Waals surface area contributed by atoms with Crippen LogP contribution in [-0.4, -0.2) is 40.2 Å². The molecule has 2 atom stereocenters. The number of aromatic nitrogens is 1. The predicted octanol–water partition coefficient (Wildman–Crippen LogP) is 2.07. The second kappa shape index (κ2) is 6.92. The highest BCUT2D eigenvalue weighted by Crippen LogP contribution is 2.34. The Bertz CT molecular complexity index is 727. The highest BCUT2D eigenvalue weighted by molar-refractivity contribution is 5.78. The van der Waals surface area contributed by atoms with Crippen LogP contribution in [0.15, 0.2) is 42.7 Å². The van der Waals surface area contributed by atoms with Gasteiger partial charge in [-0.3, -0.25) is 9.78 Å². The predicted molar refractivity (Wildman–Crippen MR) is 81.2 cm³/mol. The van der Waals surface area contributed by atoms with E-state index in [-0.39, 0.29) is 25.1 Å². The fourth-order valence-electron chi connectivity index (χ4n) is 2.81. The van der Waals surface area contributed by atoms with E-state index in [0.29, 0.717) is 5.75 Å². The lowest BCUT2D eigenvalue weighted by molar-refractivity contribution is -0.134. The van der Waals surface area contributed by atoms with E-state index in [1.54, 1.807) is 18.3 Å². The van der Waals surface area contributed by atoms with Crippen LogP contribution in [0.25, 0.3) is 0 Å². The van der Waals surface area contributed by atoms with Gasteiger partial charge in [-0.1, -0.05) is 0 Å². The maximum absolute atomic E-state index is 14.0. The number of hydrogen-bond donors (Lipinski definition) is 1. The van der Waals surface area contributed by atoms with Crippen LogP contribution in [0.5, 0.6) is 5.75 Å². The molecule has 1 N–H and O–H groups in total. The van der Waals surface area contributed by atoms with Crippen LogP contribution in [0, 0.1) is 11.6 Å². The van der Waals surface area contributed by atoms with Crippen molar-refractivity contribution in [3.63, 3.8) is 0 Å². The van der Waals surface area contributed by atoms with Crippen molar-refractivity contribution in [1.29, 1.82) is 0 Å². The van der Waals surface area contributed by atoms with E-state index < -0.39 is 29.7 Å². The molecule has 0 radical (unpaired) electrons. The molecule has 2 unspecified atom stereocenters. The van der Waals surface area contributed by atoms with Gasteiger partial charge in [0.1, 0.15) is 17.4 Å². The maximum atomic E-state index is 14.0. The zero-order valence-electron chi connectivity index (χ0n) is 12.7. The van der Waals surface area contributed by atoms with Crippen molar-refractivity contribution < 1.29 is 23.4 Å². The van der Waals surface area contributed by atoms with Gasteiger partial charge < -0.3 is 14.7 Å². The number of aliphatic hydroxyl groups is 1. The molecule has 1 aliphatic rings. The summed E-state index contributed by atoms with van der Waals surface area (Å²) in [6, 6.07) is 5.69. The van der Waals surface area contributed by atoms with Gasteiger partial charge in [0.15, 0.2) is 6.61 Å². The topological polar surface area (TPSA) is 62.7 Å². The number of carbonyl (C=O) groups excluding carboxylic acids is 1. The number of β-amino-alcohol motifs (C(OH)–C–C–N with tert-alkyl or cyclic N) is 1. The number of halogens is 2. The molecule has 1 aliphatic heterocycles. The molecule has 2 aromatic rings. The Morgan fingerprint density at radius 3 is 2.96 bits per heavy atom. The molecule has 3 rings (SSSR count). The number of nitrogens with zero attached hydrogens (tertiary/aromatic N) is 2. The summed E-state index contributed by atoms with van der Waals surface area (Å²) < 4.78 is 32.8. The molecule has 1 saturated heterocycles. The molecule has 5 nitrogen and oxygen atoms in total. The van der Waals surface area contributed by atoms with Gasteiger partial charge in [0.25, 0.3) is 5.91 Å². The van der Waals surface area contributed by atoms with Gasteiger partial charge in [0.05, 0.1) is 18.3 Å². The van der Waals surface area contributed by atoms with E-state index in [4.69, 9.17) is 4.74 Å². The van der Waals surface area contributed by atoms with E-state index in [1.807, 2.05) is 0 Å². The Morgan fingerprint density at radius 1 is 1.38 bits per heavy atom. The van der Waals surface area contributed by atoms with E-state index in [2.05, 4.69) is 4.98 Å². The van der Waals surface area contributed by atoms with Crippen LogP contribution < -0.4 is 4.74 Å². The van der Waals surface area contributed by atoms with Gasteiger partial charge in [0, 0.05) is 18.3 Å². The van der Waals surface area contributed by atoms with Gasteiger partial charge in [-0.25, -0.2) is 8.78 Å². The number of amides is 1. The lowest BCUT2D eigenvalue weighted by atomic mass is 10.0. The van der Waals surface area contributed by atoms with Crippen molar-refractivity contribution in [3.8, 4) is 5.75 Å². The molecular formula is C17H16F2N2O3. The third kappa shape index (κ3) is 3.51. The molecule has 1 aromatic carbocycles. The van der Waals surface area contributed by atoms with E-state index in [1.165, 1.54) is 11.1 Å². The molecule has 126 valence electrons. The molecule has 1 fully saturated rings. The van der Waals surface area contributed by atoms with Crippen LogP contribution in [0.3, 0.4) is 0 Å². The van der Waals surface area contributed by atoms with Crippen molar-refractivity contribution in [2.45, 2.75) is 18.6 Å². The summed E-state index contributed by atoms with van der Waals surface area (Å²) in [4.78, 5) is 17.6. The van der Waals surface area contributed by atoms with Crippen molar-refractivity contribution in [1.82, 2.24) is 9.88 Å². The molecule has 24 heavy (non-hydrogen) atoms. The van der Waals surface area contributed by atoms with Crippen molar-refractivity contribution in [2.24, 2.45) is 0 Å². The molecule has 0 saturated carbocycles. The highest BCUT2D eigenvalue weighted by atomic mass is 19.1. The third-order valence-corrected chi connectivity index (χ3v) is 3.91. The first-order valence-corrected chi connectivity index (χ1v) is 7.50. The summed E-state index contributed by atoms with van der Waals surface area (Å²) in [5.41, 5.74) is 0.0567. The van der Waals surface area contributed by atoms with Crippen molar-refractivity contribution >= 4 is 5.91 Å². The molecule has 0 aliphatic carbocycles. The summed E-state index contributed by atoms with van der Waals surface area (Å²) in [5.74, 6) is -1.18. The molecule has 0 bridgehead atoms. The summed E-state index contributed by atoms with van der Waals surface area (Å²) in [7, 11) is 0. The average Bonchev–Trinajstić information content (AvgIpc) is 2.97. The zero-order chi connectivity index (χ0) is 17.1. The third-order valence-electron chi connectivity index (χ3n) is 3.91. The second-order valence-electron chi connectivity index (χ2n) is 5.59. The van der Waals surface area contributed by atoms with Crippen molar-refractivity contribution in [2.75, 3.05) is 13.2 Å². The average molecular weight is 334 g/mol. The quantitative estimate of drug-likeness (QED) is 0.930. The number of likely N-dealkylation sites (tertiary alicyclic amines) is 1. The van der Waals surface area contributed by atoms with Gasteiger partial charge >= 0.3 is 0 Å². The molecular weight excluding hydrogens is 318 g/mol. The van der Waals surface area contributed by atoms with E-state index in [0.717, 1.165) is 18.2 Å². The normalized spacial score (nSPS) is 20.2. The Labute approximate surface area is 137 Å². The second-order valence-corrected chi connectivity index (χ2v) is 5.59. The molecule has 0 spiro atoms. The Morgan fingerprint density at radius 2 is 2.21 bits per heavy atom. The monoisotopic (exact) mass is 334 g/mol. The fraction of sp³-hybridized carbons (Fsp3) is 0.294. The number of pyridine rings is 1. The number of benzene rings is 1. The zero-order valence-corrected chi connectivity index (χ0v) is 12.7. The van der Waals surface area contributed by atoms with Gasteiger partial charge in [-0.15, -0.1) is 0 Å². The van der Waals surface area contributed by atoms with Gasteiger partial charge in [-0.2, -0.15) is 0 Å². The van der Waals surface area contributed by atoms with Crippen LogP contribution in [0.4, 0.5) is 8.78 Å². The molecule has 1 aromatic heterocycles. The lowest BCUT2D eigenvalue weighted by Gasteiger charge is -2.25. The first-order valence-electron chi connectivity index (χ1n) is 7.50. The van der Waals surface area contributed by atoms with Crippen LogP contribution >= 0.6 is 0 Å². The lowest BCUT2D eigenvalue weighted by Crippen LogP contribution is -2.35. The first kappa shape index (κ1) is 16.3. The standard InChI is InChI=1S/C17H16F2N2O3/c18-11-3-4-15(19)14(6-11)16-7-12(22)9-21(16)17(23)10-24-13-2-1-5-20-8-13/h1-6,8,12,16,22H,7,9-10H2. The number of carbonyl (C=O) groups is 1. The summed E-state index contributed by atoms with van der Waals surface area (Å²) in [6.45, 7) is -0.221. The van der Waals surface area contributed by atoms with Crippen molar-refractivity contribution in [3.05, 3.63) is 59.9 Å². The van der Waals surface area contributed by atoms with Gasteiger partial charge in [0.2, 0.25) is 0 Å². The Hall–Kier alpha value is -2.54. The fourth-order valence-corrected chi connectivity index (χ4v) is 2.81. The summed E-state index contributed by atoms with van der Waals surface area (Å²) in [6.07, 6.45) is 2.41. The maximum Gasteiger partial charge on any atom is 0.261 e. The van der Waals surface area contributed by atoms with Crippen LogP contribution in [0.2, 0.25) is 0 Å². The molecule has 2 heterocycles. The summed E-state index contributed by atoms with van der Waals surface area (Å²) in [5, 5.41) is 9.86. The minimum absolute atomic E-state index is 0.0514. The Kier molecular flexibility index (Phi) is 4.71. The van der Waals surface area contributed by atoms with E-state index in [9.17, 15) is 18.7 Å². The number of rotatable bonds is 4. The highest BCUT2D eigenvalue weighted by Gasteiger charge is 2.36. The van der Waals surface area contributed by atoms with Gasteiger partial charge in [-0.05, 0) is 36.8 Å². The smallest absolute Gasteiger partial charge is 0.261 e. The number of aliphatic hydroxyl groups excluding tert-OH is 1. The van der Waals surface area contributed by atoms with Crippen LogP contribution in [0.1, 0.15) is 18.0 Å². The molecule has 1 amide bonds. The largest absolute Gasteiger partial charge is 0.482 e. The van der Waals surface area contributed by atoms with Crippen LogP contribution in [-0.2, 0) is 4.79 Å². The Balaban J connectivity index is 1.75. The SMILES string of the molecule is O=C(COc1cccnc1)N1CC(O)CC1c1cc(F)ccc1F. The number of ether oxygens (including phenoxy) is 1. The molecule has 7 heteroatoms. The number of hydrogen-bond acceptors (Lipinski definition) is 4. The van der Waals surface area contributed by atoms with E-state index >= 15 is 0 Å². The minimum atomic E-state index is -0.792. The first-order chi connectivity index (χ1) is 11.5. The summed E-state index contributed by atoms with van der Waals surface area (Å²) >= 11 is 0. The minimum Gasteiger partial charge on any atom is -0.482 e.